The molecule has 0 amide bonds. The molecule has 1 N–H and O–H groups in total. The number of benzene rings is 2. The van der Waals surface area contributed by atoms with Gasteiger partial charge in [-0.25, -0.2) is 18.2 Å². The Labute approximate surface area is 178 Å². The standard InChI is InChI=1S/C25H24F3N3/c1-14(25-30-23-12-20(27)21(28)13-24(23)31-25)10-15-2-4-16(5-3-15)18-8-9-29-22-7-6-17(26)11-19(18)22/h6-9,11-16H,2-5,10H2,1H3,(H,30,31)/t14-,15?,16?/m1/s1. The number of rotatable bonds is 4. The van der Waals surface area contributed by atoms with Gasteiger partial charge in [0.05, 0.1) is 16.6 Å². The van der Waals surface area contributed by atoms with Crippen LogP contribution in [0.3, 0.4) is 0 Å². The number of hydrogen-bond donors (Lipinski definition) is 1. The molecule has 1 aliphatic rings. The molecule has 0 saturated heterocycles. The predicted octanol–water partition coefficient (Wildman–Crippen LogP) is 7.00. The number of pyridine rings is 1. The van der Waals surface area contributed by atoms with Gasteiger partial charge in [0.2, 0.25) is 0 Å². The molecular weight excluding hydrogens is 399 g/mol. The average Bonchev–Trinajstić information content (AvgIpc) is 3.17. The van der Waals surface area contributed by atoms with Crippen molar-refractivity contribution in [2.75, 3.05) is 0 Å². The molecular formula is C25H24F3N3. The van der Waals surface area contributed by atoms with Crippen molar-refractivity contribution >= 4 is 21.9 Å². The first-order valence-corrected chi connectivity index (χ1v) is 10.9. The number of halogens is 3. The minimum Gasteiger partial charge on any atom is -0.342 e. The topological polar surface area (TPSA) is 41.6 Å². The minimum atomic E-state index is -0.875. The molecule has 0 aliphatic heterocycles. The Morgan fingerprint density at radius 2 is 1.74 bits per heavy atom. The second-order valence-corrected chi connectivity index (χ2v) is 8.82. The zero-order valence-electron chi connectivity index (χ0n) is 17.3. The summed E-state index contributed by atoms with van der Waals surface area (Å²) in [5.74, 6) is -0.0328. The number of fused-ring (bicyclic) bond motifs is 2. The van der Waals surface area contributed by atoms with Crippen LogP contribution in [0.4, 0.5) is 13.2 Å². The molecule has 1 atom stereocenters. The fraction of sp³-hybridized carbons (Fsp3) is 0.360. The van der Waals surface area contributed by atoms with Gasteiger partial charge in [0.1, 0.15) is 11.6 Å². The van der Waals surface area contributed by atoms with Crippen molar-refractivity contribution in [3.05, 3.63) is 71.4 Å². The van der Waals surface area contributed by atoms with E-state index in [1.807, 2.05) is 12.3 Å². The van der Waals surface area contributed by atoms with Gasteiger partial charge in [-0.1, -0.05) is 6.92 Å². The molecule has 160 valence electrons. The largest absolute Gasteiger partial charge is 0.342 e. The van der Waals surface area contributed by atoms with E-state index in [1.165, 1.54) is 17.7 Å². The Morgan fingerprint density at radius 3 is 2.55 bits per heavy atom. The maximum absolute atomic E-state index is 13.8. The van der Waals surface area contributed by atoms with Gasteiger partial charge in [-0.15, -0.1) is 0 Å². The molecule has 3 nitrogen and oxygen atoms in total. The third kappa shape index (κ3) is 3.91. The van der Waals surface area contributed by atoms with Crippen LogP contribution in [0.1, 0.15) is 62.3 Å². The van der Waals surface area contributed by atoms with Gasteiger partial charge in [0.25, 0.3) is 0 Å². The normalized spacial score (nSPS) is 20.4. The SMILES string of the molecule is C[C@H](CC1CCC(c2ccnc3ccc(F)cc23)CC1)c1nc2cc(F)c(F)cc2[nH]1. The minimum absolute atomic E-state index is 0.177. The molecule has 2 heterocycles. The number of aromatic nitrogens is 3. The highest BCUT2D eigenvalue weighted by Gasteiger charge is 2.26. The van der Waals surface area contributed by atoms with Crippen LogP contribution in [-0.2, 0) is 0 Å². The smallest absolute Gasteiger partial charge is 0.161 e. The maximum Gasteiger partial charge on any atom is 0.161 e. The van der Waals surface area contributed by atoms with Crippen molar-refractivity contribution in [1.82, 2.24) is 15.0 Å². The second kappa shape index (κ2) is 7.98. The lowest BCUT2D eigenvalue weighted by Crippen LogP contribution is -2.16. The van der Waals surface area contributed by atoms with Gasteiger partial charge in [0, 0.05) is 29.6 Å². The zero-order chi connectivity index (χ0) is 21.5. The summed E-state index contributed by atoms with van der Waals surface area (Å²) in [7, 11) is 0. The molecule has 0 unspecified atom stereocenters. The van der Waals surface area contributed by atoms with Crippen LogP contribution in [-0.4, -0.2) is 15.0 Å². The van der Waals surface area contributed by atoms with Gasteiger partial charge in [0.15, 0.2) is 11.6 Å². The lowest BCUT2D eigenvalue weighted by Gasteiger charge is -2.30. The summed E-state index contributed by atoms with van der Waals surface area (Å²) in [5.41, 5.74) is 3.02. The summed E-state index contributed by atoms with van der Waals surface area (Å²) in [6.07, 6.45) is 7.10. The number of aromatic amines is 1. The lowest BCUT2D eigenvalue weighted by atomic mass is 9.75. The molecule has 2 aromatic heterocycles. The van der Waals surface area contributed by atoms with Crippen molar-refractivity contribution in [3.8, 4) is 0 Å². The van der Waals surface area contributed by atoms with Crippen LogP contribution >= 0.6 is 0 Å². The predicted molar refractivity (Wildman–Crippen MR) is 115 cm³/mol. The first-order chi connectivity index (χ1) is 15.0. The Hall–Kier alpha value is -2.89. The Bertz CT molecular complexity index is 1200. The van der Waals surface area contributed by atoms with Gasteiger partial charge in [-0.3, -0.25) is 4.98 Å². The summed E-state index contributed by atoms with van der Waals surface area (Å²) in [5, 5.41) is 0.918. The Morgan fingerprint density at radius 1 is 0.968 bits per heavy atom. The lowest BCUT2D eigenvalue weighted by molar-refractivity contribution is 0.296. The molecule has 6 heteroatoms. The number of nitrogens with one attached hydrogen (secondary N) is 1. The van der Waals surface area contributed by atoms with E-state index in [4.69, 9.17) is 0 Å². The molecule has 0 bridgehead atoms. The van der Waals surface area contributed by atoms with E-state index in [2.05, 4.69) is 21.9 Å². The molecule has 1 saturated carbocycles. The molecule has 5 rings (SSSR count). The van der Waals surface area contributed by atoms with E-state index in [1.54, 1.807) is 12.1 Å². The molecule has 2 aromatic carbocycles. The monoisotopic (exact) mass is 423 g/mol. The maximum atomic E-state index is 13.8. The molecule has 0 spiro atoms. The summed E-state index contributed by atoms with van der Waals surface area (Å²) in [6, 6.07) is 9.14. The van der Waals surface area contributed by atoms with Gasteiger partial charge in [-0.2, -0.15) is 0 Å². The van der Waals surface area contributed by atoms with Crippen LogP contribution in [0, 0.1) is 23.4 Å². The summed E-state index contributed by atoms with van der Waals surface area (Å²) >= 11 is 0. The van der Waals surface area contributed by atoms with Crippen LogP contribution in [0.2, 0.25) is 0 Å². The van der Waals surface area contributed by atoms with Crippen molar-refractivity contribution in [2.24, 2.45) is 5.92 Å². The highest BCUT2D eigenvalue weighted by atomic mass is 19.2. The third-order valence-electron chi connectivity index (χ3n) is 6.72. The first-order valence-electron chi connectivity index (χ1n) is 10.9. The Balaban J connectivity index is 1.27. The molecule has 0 radical (unpaired) electrons. The number of nitrogens with zero attached hydrogens (tertiary/aromatic N) is 2. The van der Waals surface area contributed by atoms with Crippen molar-refractivity contribution in [1.29, 1.82) is 0 Å². The number of H-pyrrole nitrogens is 1. The zero-order valence-corrected chi connectivity index (χ0v) is 17.3. The third-order valence-corrected chi connectivity index (χ3v) is 6.72. The first kappa shape index (κ1) is 20.0. The van der Waals surface area contributed by atoms with E-state index in [0.717, 1.165) is 54.9 Å². The quantitative estimate of drug-likeness (QED) is 0.384. The van der Waals surface area contributed by atoms with Crippen molar-refractivity contribution in [2.45, 2.75) is 50.9 Å². The van der Waals surface area contributed by atoms with E-state index in [0.29, 0.717) is 22.9 Å². The fourth-order valence-corrected chi connectivity index (χ4v) is 5.07. The number of imidazole rings is 1. The Kier molecular flexibility index (Phi) is 5.16. The summed E-state index contributed by atoms with van der Waals surface area (Å²) < 4.78 is 40.7. The molecule has 31 heavy (non-hydrogen) atoms. The van der Waals surface area contributed by atoms with Crippen LogP contribution in [0.15, 0.2) is 42.6 Å². The van der Waals surface area contributed by atoms with Crippen LogP contribution in [0.5, 0.6) is 0 Å². The number of hydrogen-bond acceptors (Lipinski definition) is 2. The van der Waals surface area contributed by atoms with Crippen LogP contribution < -0.4 is 0 Å². The van der Waals surface area contributed by atoms with Crippen molar-refractivity contribution < 1.29 is 13.2 Å². The van der Waals surface area contributed by atoms with E-state index in [9.17, 15) is 13.2 Å². The summed E-state index contributed by atoms with van der Waals surface area (Å²) in [4.78, 5) is 12.0. The van der Waals surface area contributed by atoms with Crippen molar-refractivity contribution in [3.63, 3.8) is 0 Å². The van der Waals surface area contributed by atoms with Gasteiger partial charge >= 0.3 is 0 Å². The molecule has 1 aliphatic carbocycles. The van der Waals surface area contributed by atoms with Crippen LogP contribution in [0.25, 0.3) is 21.9 Å². The molecule has 1 fully saturated rings. The second-order valence-electron chi connectivity index (χ2n) is 8.82. The highest BCUT2D eigenvalue weighted by molar-refractivity contribution is 5.82. The fourth-order valence-electron chi connectivity index (χ4n) is 5.07. The average molecular weight is 423 g/mol. The summed E-state index contributed by atoms with van der Waals surface area (Å²) in [6.45, 7) is 2.11. The van der Waals surface area contributed by atoms with E-state index >= 15 is 0 Å². The highest BCUT2D eigenvalue weighted by Crippen LogP contribution is 2.41. The van der Waals surface area contributed by atoms with Gasteiger partial charge in [-0.05, 0) is 73.8 Å². The molecule has 4 aromatic rings. The van der Waals surface area contributed by atoms with E-state index < -0.39 is 11.6 Å². The van der Waals surface area contributed by atoms with E-state index in [-0.39, 0.29) is 11.7 Å². The van der Waals surface area contributed by atoms with Gasteiger partial charge < -0.3 is 4.98 Å².